The van der Waals surface area contributed by atoms with Crippen LogP contribution in [0.4, 0.5) is 0 Å². The average Bonchev–Trinajstić information content (AvgIpc) is 3.11. The van der Waals surface area contributed by atoms with E-state index in [1.165, 1.54) is 6.42 Å². The van der Waals surface area contributed by atoms with Crippen LogP contribution in [0.5, 0.6) is 0 Å². The molecule has 26 heavy (non-hydrogen) atoms. The zero-order valence-electron chi connectivity index (χ0n) is 15.5. The third-order valence-electron chi connectivity index (χ3n) is 5.92. The van der Waals surface area contributed by atoms with Gasteiger partial charge in [0.15, 0.2) is 5.78 Å². The van der Waals surface area contributed by atoms with E-state index in [2.05, 4.69) is 12.2 Å². The Balaban J connectivity index is 1.59. The molecule has 2 fully saturated rings. The number of ketones is 1. The summed E-state index contributed by atoms with van der Waals surface area (Å²) in [5, 5.41) is 2.50. The molecule has 0 unspecified atom stereocenters. The average molecular weight is 356 g/mol. The number of imide groups is 1. The number of Topliss-reactive ketones (excluding diaryl/α,β-unsaturated/α-hetero) is 1. The molecule has 1 aromatic rings. The van der Waals surface area contributed by atoms with Crippen LogP contribution in [0.15, 0.2) is 30.3 Å². The van der Waals surface area contributed by atoms with Gasteiger partial charge in [-0.2, -0.15) is 0 Å². The molecular weight excluding hydrogens is 328 g/mol. The first kappa shape index (κ1) is 18.8. The Bertz CT molecular complexity index is 665. The van der Waals surface area contributed by atoms with Crippen molar-refractivity contribution in [2.24, 2.45) is 5.41 Å². The molecule has 3 rings (SSSR count). The quantitative estimate of drug-likeness (QED) is 0.824. The molecular formula is C21H28N2O3. The first-order valence-electron chi connectivity index (χ1n) is 9.67. The summed E-state index contributed by atoms with van der Waals surface area (Å²) >= 11 is 0. The Morgan fingerprint density at radius 3 is 2.46 bits per heavy atom. The number of nitrogens with zero attached hydrogens (tertiary/aromatic N) is 1. The van der Waals surface area contributed by atoms with Gasteiger partial charge in [0.25, 0.3) is 5.91 Å². The maximum Gasteiger partial charge on any atom is 0.257 e. The molecule has 0 aromatic heterocycles. The van der Waals surface area contributed by atoms with E-state index >= 15 is 0 Å². The van der Waals surface area contributed by atoms with Crippen molar-refractivity contribution in [1.82, 2.24) is 10.2 Å². The molecule has 1 aliphatic heterocycles. The summed E-state index contributed by atoms with van der Waals surface area (Å²) < 4.78 is 0. The van der Waals surface area contributed by atoms with Crippen molar-refractivity contribution >= 4 is 17.6 Å². The number of hydrogen-bond acceptors (Lipinski definition) is 4. The van der Waals surface area contributed by atoms with Gasteiger partial charge in [-0.25, -0.2) is 0 Å². The van der Waals surface area contributed by atoms with Crippen LogP contribution in [0, 0.1) is 5.41 Å². The van der Waals surface area contributed by atoms with Gasteiger partial charge in [-0.3, -0.25) is 24.6 Å². The molecule has 1 saturated carbocycles. The van der Waals surface area contributed by atoms with Crippen molar-refractivity contribution in [3.8, 4) is 0 Å². The van der Waals surface area contributed by atoms with Gasteiger partial charge in [-0.15, -0.1) is 0 Å². The van der Waals surface area contributed by atoms with Crippen LogP contribution < -0.4 is 5.32 Å². The Morgan fingerprint density at radius 1 is 1.08 bits per heavy atom. The zero-order chi connectivity index (χ0) is 18.6. The van der Waals surface area contributed by atoms with Gasteiger partial charge < -0.3 is 0 Å². The van der Waals surface area contributed by atoms with Gasteiger partial charge >= 0.3 is 0 Å². The fourth-order valence-electron chi connectivity index (χ4n) is 4.16. The van der Waals surface area contributed by atoms with Crippen LogP contribution in [0.1, 0.15) is 62.2 Å². The Kier molecular flexibility index (Phi) is 5.87. The lowest BCUT2D eigenvalue weighted by Crippen LogP contribution is -2.48. The topological polar surface area (TPSA) is 66.5 Å². The minimum Gasteiger partial charge on any atom is -0.298 e. The van der Waals surface area contributed by atoms with Gasteiger partial charge in [-0.1, -0.05) is 44.4 Å². The monoisotopic (exact) mass is 356 g/mol. The number of amides is 2. The lowest BCUT2D eigenvalue weighted by Gasteiger charge is -2.34. The standard InChI is InChI=1S/C21H28N2O3/c1-21(12-6-3-7-13-21)18(24)15-23-14-8-11-17(23)20(26)22-19(25)16-9-4-2-5-10-16/h2,4-5,9-10,17H,3,6-8,11-15H2,1H3,(H,22,25,26)/t17-/m1/s1. The third-order valence-corrected chi connectivity index (χ3v) is 5.92. The van der Waals surface area contributed by atoms with Crippen LogP contribution >= 0.6 is 0 Å². The highest BCUT2D eigenvalue weighted by atomic mass is 16.2. The Labute approximate surface area is 155 Å². The molecule has 2 amide bonds. The number of carbonyl (C=O) groups excluding carboxylic acids is 3. The number of rotatable bonds is 5. The molecule has 1 N–H and O–H groups in total. The summed E-state index contributed by atoms with van der Waals surface area (Å²) in [5.41, 5.74) is 0.220. The number of nitrogens with one attached hydrogen (secondary N) is 1. The minimum absolute atomic E-state index is 0.242. The molecule has 5 heteroatoms. The van der Waals surface area contributed by atoms with Gasteiger partial charge in [0, 0.05) is 11.0 Å². The lowest BCUT2D eigenvalue weighted by molar-refractivity contribution is -0.132. The first-order valence-corrected chi connectivity index (χ1v) is 9.67. The van der Waals surface area contributed by atoms with Crippen LogP contribution in [0.2, 0.25) is 0 Å². The van der Waals surface area contributed by atoms with Crippen LogP contribution in [0.25, 0.3) is 0 Å². The van der Waals surface area contributed by atoms with E-state index in [1.54, 1.807) is 24.3 Å². The number of benzene rings is 1. The van der Waals surface area contributed by atoms with Crippen molar-refractivity contribution in [2.75, 3.05) is 13.1 Å². The fourth-order valence-corrected chi connectivity index (χ4v) is 4.16. The molecule has 0 bridgehead atoms. The van der Waals surface area contributed by atoms with E-state index in [1.807, 2.05) is 11.0 Å². The second kappa shape index (κ2) is 8.12. The highest BCUT2D eigenvalue weighted by Crippen LogP contribution is 2.37. The van der Waals surface area contributed by atoms with E-state index in [0.29, 0.717) is 18.5 Å². The molecule has 1 heterocycles. The van der Waals surface area contributed by atoms with Crippen LogP contribution in [-0.4, -0.2) is 41.6 Å². The molecule has 5 nitrogen and oxygen atoms in total. The highest BCUT2D eigenvalue weighted by molar-refractivity contribution is 6.06. The van der Waals surface area contributed by atoms with Gasteiger partial charge in [0.05, 0.1) is 12.6 Å². The number of hydrogen-bond donors (Lipinski definition) is 1. The summed E-state index contributed by atoms with van der Waals surface area (Å²) in [4.78, 5) is 39.6. The fraction of sp³-hybridized carbons (Fsp3) is 0.571. The summed E-state index contributed by atoms with van der Waals surface area (Å²) in [6.07, 6.45) is 6.89. The first-order chi connectivity index (χ1) is 12.5. The molecule has 0 spiro atoms. The number of carbonyl (C=O) groups is 3. The molecule has 140 valence electrons. The van der Waals surface area contributed by atoms with E-state index in [9.17, 15) is 14.4 Å². The predicted octanol–water partition coefficient (Wildman–Crippen LogP) is 2.95. The minimum atomic E-state index is -0.390. The molecule has 1 aliphatic carbocycles. The summed E-state index contributed by atoms with van der Waals surface area (Å²) in [5.74, 6) is -0.433. The highest BCUT2D eigenvalue weighted by Gasteiger charge is 2.38. The van der Waals surface area contributed by atoms with Crippen molar-refractivity contribution in [3.05, 3.63) is 35.9 Å². The van der Waals surface area contributed by atoms with Crippen LogP contribution in [-0.2, 0) is 9.59 Å². The molecule has 1 atom stereocenters. The summed E-state index contributed by atoms with van der Waals surface area (Å²) in [7, 11) is 0. The Morgan fingerprint density at radius 2 is 1.77 bits per heavy atom. The SMILES string of the molecule is CC1(C(=O)CN2CCC[C@@H]2C(=O)NC(=O)c2ccccc2)CCCCC1. The third kappa shape index (κ3) is 4.21. The molecule has 0 radical (unpaired) electrons. The van der Waals surface area contributed by atoms with Gasteiger partial charge in [0.1, 0.15) is 0 Å². The molecule has 2 aliphatic rings. The van der Waals surface area contributed by atoms with Crippen LogP contribution in [0.3, 0.4) is 0 Å². The van der Waals surface area contributed by atoms with Gasteiger partial charge in [-0.05, 0) is 44.4 Å². The van der Waals surface area contributed by atoms with E-state index < -0.39 is 0 Å². The second-order valence-electron chi connectivity index (χ2n) is 7.86. The normalized spacial score (nSPS) is 22.7. The molecule has 1 aromatic carbocycles. The predicted molar refractivity (Wildman–Crippen MR) is 99.7 cm³/mol. The van der Waals surface area contributed by atoms with E-state index in [-0.39, 0.29) is 29.1 Å². The Hall–Kier alpha value is -2.01. The van der Waals surface area contributed by atoms with Crippen molar-refractivity contribution in [1.29, 1.82) is 0 Å². The largest absolute Gasteiger partial charge is 0.298 e. The van der Waals surface area contributed by atoms with E-state index in [0.717, 1.165) is 38.6 Å². The number of likely N-dealkylation sites (tertiary alicyclic amines) is 1. The second-order valence-corrected chi connectivity index (χ2v) is 7.86. The van der Waals surface area contributed by atoms with E-state index in [4.69, 9.17) is 0 Å². The maximum absolute atomic E-state index is 12.8. The van der Waals surface area contributed by atoms with Crippen molar-refractivity contribution < 1.29 is 14.4 Å². The maximum atomic E-state index is 12.8. The lowest BCUT2D eigenvalue weighted by atomic mass is 9.72. The van der Waals surface area contributed by atoms with Gasteiger partial charge in [0.2, 0.25) is 5.91 Å². The zero-order valence-corrected chi connectivity index (χ0v) is 15.5. The summed E-state index contributed by atoms with van der Waals surface area (Å²) in [6, 6.07) is 8.34. The summed E-state index contributed by atoms with van der Waals surface area (Å²) in [6.45, 7) is 3.12. The van der Waals surface area contributed by atoms with Crippen molar-refractivity contribution in [3.63, 3.8) is 0 Å². The smallest absolute Gasteiger partial charge is 0.257 e. The van der Waals surface area contributed by atoms with Crippen molar-refractivity contribution in [2.45, 2.75) is 57.9 Å². The molecule has 1 saturated heterocycles.